The second kappa shape index (κ2) is 12.2. The topological polar surface area (TPSA) is 130 Å². The zero-order valence-corrected chi connectivity index (χ0v) is 12.4. The summed E-state index contributed by atoms with van der Waals surface area (Å²) in [7, 11) is -3.34. The third-order valence-corrected chi connectivity index (χ3v) is 2.60. The Hall–Kier alpha value is -1.33. The van der Waals surface area contributed by atoms with Crippen molar-refractivity contribution in [3.05, 3.63) is 35.4 Å². The molecule has 3 N–H and O–H groups in total. The van der Waals surface area contributed by atoms with Gasteiger partial charge in [-0.1, -0.05) is 32.5 Å². The second-order valence-electron chi connectivity index (χ2n) is 3.43. The van der Waals surface area contributed by atoms with Crippen LogP contribution in [0.5, 0.6) is 0 Å². The first-order valence-corrected chi connectivity index (χ1v) is 7.75. The van der Waals surface area contributed by atoms with E-state index in [1.54, 1.807) is 12.1 Å². The van der Waals surface area contributed by atoms with E-state index in [0.717, 1.165) is 5.56 Å². The maximum atomic E-state index is 11.5. The Labute approximate surface area is 134 Å². The maximum absolute atomic E-state index is 11.5. The summed E-state index contributed by atoms with van der Waals surface area (Å²) in [4.78, 5) is 11.5. The molecule has 0 saturated heterocycles. The van der Waals surface area contributed by atoms with Crippen LogP contribution in [-0.4, -0.2) is 40.6 Å². The Balaban J connectivity index is -0.000000452. The predicted octanol–water partition coefficient (Wildman–Crippen LogP) is 1.61. The number of hydrogen-bond donors (Lipinski definition) is 3. The van der Waals surface area contributed by atoms with Crippen molar-refractivity contribution in [1.82, 2.24) is 5.32 Å². The fourth-order valence-corrected chi connectivity index (χ4v) is 1.36. The normalized spacial score (nSPS) is 10.9. The number of hydrogen-bond acceptors (Lipinski definition) is 5. The highest BCUT2D eigenvalue weighted by molar-refractivity contribution is 7.80. The second-order valence-corrected chi connectivity index (χ2v) is 5.56. The summed E-state index contributed by atoms with van der Waals surface area (Å²) in [5.41, 5.74) is 1.64. The lowest BCUT2D eigenvalue weighted by molar-refractivity contribution is 0.0959. The number of benzene rings is 1. The monoisotopic (exact) mass is 357 g/mol. The van der Waals surface area contributed by atoms with E-state index >= 15 is 0 Å². The Morgan fingerprint density at radius 3 is 2.00 bits per heavy atom. The molecule has 1 amide bonds. The van der Waals surface area contributed by atoms with Gasteiger partial charge >= 0.3 is 10.4 Å². The molecule has 0 heterocycles. The summed E-state index contributed by atoms with van der Waals surface area (Å²) in [6.07, 6.45) is 0. The van der Waals surface area contributed by atoms with Crippen LogP contribution in [0.3, 0.4) is 0 Å². The summed E-state index contributed by atoms with van der Waals surface area (Å²) >= 11 is -1.46. The van der Waals surface area contributed by atoms with Crippen LogP contribution in [0.2, 0.25) is 0 Å². The van der Waals surface area contributed by atoms with Crippen molar-refractivity contribution in [2.45, 2.75) is 21.8 Å². The number of rotatable bonds is 4. The number of amides is 1. The van der Waals surface area contributed by atoms with Gasteiger partial charge in [0.25, 0.3) is 5.91 Å². The van der Waals surface area contributed by atoms with Gasteiger partial charge in [-0.25, -0.2) is 4.21 Å². The third kappa shape index (κ3) is 15.1. The van der Waals surface area contributed by atoms with Gasteiger partial charge in [-0.05, 0) is 19.1 Å². The molecule has 1 rings (SSSR count). The standard InChI is InChI=1S/C10H13NO3S.2CH4.H2O4S/c1-8-3-5-9(6-4-8)10(12)11-7-15(13)14-2;;;1-5(2,3)4/h3-6H,7H2,1-2H3,(H,11,12);2*1H4;(H2,1,2,3,4). The quantitative estimate of drug-likeness (QED) is 0.698. The van der Waals surface area contributed by atoms with Crippen molar-refractivity contribution < 1.29 is 30.7 Å². The van der Waals surface area contributed by atoms with Gasteiger partial charge in [0, 0.05) is 5.56 Å². The lowest BCUT2D eigenvalue weighted by Crippen LogP contribution is -2.27. The van der Waals surface area contributed by atoms with Crippen molar-refractivity contribution in [2.75, 3.05) is 13.0 Å². The summed E-state index contributed by atoms with van der Waals surface area (Å²) in [6, 6.07) is 7.14. The summed E-state index contributed by atoms with van der Waals surface area (Å²) in [5.74, 6) is -0.246. The van der Waals surface area contributed by atoms with Crippen LogP contribution in [0.1, 0.15) is 30.8 Å². The van der Waals surface area contributed by atoms with E-state index in [1.165, 1.54) is 7.11 Å². The third-order valence-electron chi connectivity index (χ3n) is 1.85. The van der Waals surface area contributed by atoms with E-state index in [1.807, 2.05) is 19.1 Å². The van der Waals surface area contributed by atoms with Gasteiger partial charge in [0.1, 0.15) is 5.88 Å². The van der Waals surface area contributed by atoms with Gasteiger partial charge in [-0.2, -0.15) is 8.42 Å². The van der Waals surface area contributed by atoms with Gasteiger partial charge in [0.15, 0.2) is 11.1 Å². The molecule has 0 radical (unpaired) electrons. The first kappa shape index (κ1) is 25.6. The van der Waals surface area contributed by atoms with Crippen LogP contribution >= 0.6 is 0 Å². The van der Waals surface area contributed by atoms with Crippen LogP contribution in [0, 0.1) is 6.92 Å². The molecule has 1 atom stereocenters. The first-order chi connectivity index (χ1) is 9.13. The van der Waals surface area contributed by atoms with Crippen LogP contribution in [0.25, 0.3) is 0 Å². The first-order valence-electron chi connectivity index (χ1n) is 5.11. The minimum Gasteiger partial charge on any atom is -0.338 e. The minimum atomic E-state index is -4.67. The SMILES string of the molecule is C.C.COS(=O)CNC(=O)c1ccc(C)cc1.O=S(=O)(O)O. The Morgan fingerprint density at radius 1 is 1.23 bits per heavy atom. The largest absolute Gasteiger partial charge is 0.394 e. The van der Waals surface area contributed by atoms with Crippen molar-refractivity contribution >= 4 is 27.4 Å². The van der Waals surface area contributed by atoms with Crippen molar-refractivity contribution in [2.24, 2.45) is 0 Å². The van der Waals surface area contributed by atoms with Gasteiger partial charge in [0.05, 0.1) is 7.11 Å². The molecule has 10 heteroatoms. The number of carbonyl (C=O) groups is 1. The molecule has 1 unspecified atom stereocenters. The lowest BCUT2D eigenvalue weighted by Gasteiger charge is -2.03. The molecule has 0 aliphatic carbocycles. The molecule has 0 aromatic heterocycles. The fraction of sp³-hybridized carbons (Fsp3) is 0.417. The van der Waals surface area contributed by atoms with E-state index in [2.05, 4.69) is 9.50 Å². The lowest BCUT2D eigenvalue weighted by atomic mass is 10.1. The molecular formula is C12H23NO7S2. The van der Waals surface area contributed by atoms with E-state index in [4.69, 9.17) is 17.5 Å². The van der Waals surface area contributed by atoms with Gasteiger partial charge < -0.3 is 5.32 Å². The highest BCUT2D eigenvalue weighted by Gasteiger charge is 2.05. The van der Waals surface area contributed by atoms with Gasteiger partial charge in [-0.15, -0.1) is 0 Å². The Morgan fingerprint density at radius 2 is 1.64 bits per heavy atom. The molecule has 0 spiro atoms. The zero-order valence-electron chi connectivity index (χ0n) is 10.8. The molecule has 8 nitrogen and oxygen atoms in total. The molecule has 1 aromatic rings. The zero-order chi connectivity index (χ0) is 15.8. The molecule has 1 aromatic carbocycles. The smallest absolute Gasteiger partial charge is 0.338 e. The van der Waals surface area contributed by atoms with E-state index in [9.17, 15) is 9.00 Å². The van der Waals surface area contributed by atoms with Crippen LogP contribution < -0.4 is 5.32 Å². The van der Waals surface area contributed by atoms with Gasteiger partial charge in [-0.3, -0.25) is 18.1 Å². The summed E-state index contributed by atoms with van der Waals surface area (Å²) < 4.78 is 47.0. The van der Waals surface area contributed by atoms with Crippen molar-refractivity contribution in [3.8, 4) is 0 Å². The molecule has 0 fully saturated rings. The highest BCUT2D eigenvalue weighted by Crippen LogP contribution is 2.02. The van der Waals surface area contributed by atoms with Crippen molar-refractivity contribution in [1.29, 1.82) is 0 Å². The van der Waals surface area contributed by atoms with Gasteiger partial charge in [0.2, 0.25) is 0 Å². The molecule has 22 heavy (non-hydrogen) atoms. The van der Waals surface area contributed by atoms with Crippen LogP contribution in [0.15, 0.2) is 24.3 Å². The highest BCUT2D eigenvalue weighted by atomic mass is 32.3. The van der Waals surface area contributed by atoms with E-state index in [0.29, 0.717) is 5.56 Å². The minimum absolute atomic E-state index is 0. The molecule has 0 aliphatic heterocycles. The van der Waals surface area contributed by atoms with Crippen molar-refractivity contribution in [3.63, 3.8) is 0 Å². The van der Waals surface area contributed by atoms with Crippen LogP contribution in [0.4, 0.5) is 0 Å². The van der Waals surface area contributed by atoms with E-state index < -0.39 is 21.5 Å². The molecule has 0 bridgehead atoms. The van der Waals surface area contributed by atoms with E-state index in [-0.39, 0.29) is 26.6 Å². The predicted molar refractivity (Wildman–Crippen MR) is 86.3 cm³/mol. The number of aryl methyl sites for hydroxylation is 1. The molecule has 130 valence electrons. The Kier molecular flexibility index (Phi) is 14.2. The van der Waals surface area contributed by atoms with Crippen LogP contribution in [-0.2, 0) is 25.7 Å². The maximum Gasteiger partial charge on any atom is 0.394 e. The molecule has 0 aliphatic rings. The average Bonchev–Trinajstić information content (AvgIpc) is 2.34. The summed E-state index contributed by atoms with van der Waals surface area (Å²) in [6.45, 7) is 1.95. The average molecular weight is 357 g/mol. The summed E-state index contributed by atoms with van der Waals surface area (Å²) in [5, 5.41) is 2.51. The number of nitrogens with one attached hydrogen (secondary N) is 1. The molecule has 0 saturated carbocycles. The number of carbonyl (C=O) groups excluding carboxylic acids is 1. The molecular weight excluding hydrogens is 334 g/mol. The Bertz CT molecular complexity index is 547. The fourth-order valence-electron chi connectivity index (χ4n) is 0.990.